The molecule has 3 aromatic rings. The minimum absolute atomic E-state index is 0.230. The number of fused-ring (bicyclic) bond motifs is 4. The van der Waals surface area contributed by atoms with Gasteiger partial charge in [0.1, 0.15) is 13.2 Å². The summed E-state index contributed by atoms with van der Waals surface area (Å²) in [4.78, 5) is 13.3. The molecule has 0 fully saturated rings. The largest absolute Gasteiger partial charge is 0.486 e. The number of anilines is 2. The average molecular weight is 436 g/mol. The Morgan fingerprint density at radius 2 is 1.71 bits per heavy atom. The lowest BCUT2D eigenvalue weighted by atomic mass is 9.96. The van der Waals surface area contributed by atoms with Gasteiger partial charge in [-0.2, -0.15) is 0 Å². The van der Waals surface area contributed by atoms with E-state index in [1.165, 1.54) is 11.4 Å². The molecule has 1 N–H and O–H groups in total. The van der Waals surface area contributed by atoms with Gasteiger partial charge in [0.05, 0.1) is 10.6 Å². The normalized spacial score (nSPS) is 15.6. The van der Waals surface area contributed by atoms with Crippen LogP contribution in [0.25, 0.3) is 11.1 Å². The van der Waals surface area contributed by atoms with Gasteiger partial charge >= 0.3 is 0 Å². The van der Waals surface area contributed by atoms with Crippen LogP contribution in [0, 0.1) is 6.92 Å². The second-order valence-electron chi connectivity index (χ2n) is 7.47. The standard InChI is InChI=1S/C23H20N2O5S/c1-14-11-15(23(26)24-16-7-8-19-20(13-16)30-10-9-29-19)12-18-17-5-3-4-6-21(17)31(27,28)25(2)22(14)18/h3-8,11-13H,9-10H2,1-2H3,(H,24,26). The highest BCUT2D eigenvalue weighted by molar-refractivity contribution is 7.93. The van der Waals surface area contributed by atoms with E-state index in [2.05, 4.69) is 5.32 Å². The molecule has 1 amide bonds. The van der Waals surface area contributed by atoms with E-state index in [1.807, 2.05) is 0 Å². The van der Waals surface area contributed by atoms with Crippen molar-refractivity contribution in [2.75, 3.05) is 29.9 Å². The first kappa shape index (κ1) is 19.4. The van der Waals surface area contributed by atoms with Gasteiger partial charge in [-0.25, -0.2) is 8.42 Å². The second-order valence-corrected chi connectivity index (χ2v) is 9.41. The molecule has 2 aliphatic rings. The number of hydrogen-bond donors (Lipinski definition) is 1. The van der Waals surface area contributed by atoms with Crippen LogP contribution in [-0.4, -0.2) is 34.6 Å². The quantitative estimate of drug-likeness (QED) is 0.660. The topological polar surface area (TPSA) is 84.9 Å². The van der Waals surface area contributed by atoms with Gasteiger partial charge in [-0.3, -0.25) is 9.10 Å². The van der Waals surface area contributed by atoms with Gasteiger partial charge in [-0.15, -0.1) is 0 Å². The molecule has 0 saturated heterocycles. The van der Waals surface area contributed by atoms with Gasteiger partial charge < -0.3 is 14.8 Å². The van der Waals surface area contributed by atoms with Crippen molar-refractivity contribution in [1.29, 1.82) is 0 Å². The third-order valence-electron chi connectivity index (χ3n) is 5.49. The molecule has 0 saturated carbocycles. The van der Waals surface area contributed by atoms with Gasteiger partial charge in [0.15, 0.2) is 11.5 Å². The van der Waals surface area contributed by atoms with Crippen molar-refractivity contribution in [2.45, 2.75) is 11.8 Å². The highest BCUT2D eigenvalue weighted by Gasteiger charge is 2.34. The van der Waals surface area contributed by atoms with Crippen LogP contribution in [-0.2, 0) is 10.0 Å². The smallest absolute Gasteiger partial charge is 0.264 e. The molecule has 0 spiro atoms. The van der Waals surface area contributed by atoms with Crippen LogP contribution < -0.4 is 19.1 Å². The van der Waals surface area contributed by atoms with E-state index in [4.69, 9.17) is 9.47 Å². The molecule has 5 rings (SSSR count). The van der Waals surface area contributed by atoms with E-state index < -0.39 is 10.0 Å². The molecule has 158 valence electrons. The van der Waals surface area contributed by atoms with Crippen LogP contribution in [0.5, 0.6) is 11.5 Å². The Morgan fingerprint density at radius 1 is 0.968 bits per heavy atom. The molecule has 0 radical (unpaired) electrons. The molecule has 31 heavy (non-hydrogen) atoms. The number of carbonyl (C=O) groups excluding carboxylic acids is 1. The summed E-state index contributed by atoms with van der Waals surface area (Å²) in [5.74, 6) is 0.942. The van der Waals surface area contributed by atoms with Gasteiger partial charge in [0.25, 0.3) is 15.9 Å². The summed E-state index contributed by atoms with van der Waals surface area (Å²) in [6.07, 6.45) is 0. The predicted octanol–water partition coefficient (Wildman–Crippen LogP) is 3.82. The van der Waals surface area contributed by atoms with E-state index in [0.29, 0.717) is 58.3 Å². The number of sulfonamides is 1. The summed E-state index contributed by atoms with van der Waals surface area (Å²) in [5, 5.41) is 2.89. The molecule has 3 aromatic carbocycles. The molecule has 0 atom stereocenters. The first-order valence-corrected chi connectivity index (χ1v) is 11.2. The van der Waals surface area contributed by atoms with E-state index in [9.17, 15) is 13.2 Å². The zero-order valence-electron chi connectivity index (χ0n) is 17.0. The fourth-order valence-corrected chi connectivity index (χ4v) is 5.52. The van der Waals surface area contributed by atoms with Gasteiger partial charge in [0, 0.05) is 35.5 Å². The Kier molecular flexibility index (Phi) is 4.40. The van der Waals surface area contributed by atoms with E-state index >= 15 is 0 Å². The highest BCUT2D eigenvalue weighted by Crippen LogP contribution is 2.44. The van der Waals surface area contributed by atoms with E-state index in [-0.39, 0.29) is 10.8 Å². The molecule has 0 aliphatic carbocycles. The van der Waals surface area contributed by atoms with E-state index in [0.717, 1.165) is 0 Å². The number of hydrogen-bond acceptors (Lipinski definition) is 5. The lowest BCUT2D eigenvalue weighted by molar-refractivity contribution is 0.102. The predicted molar refractivity (Wildman–Crippen MR) is 118 cm³/mol. The van der Waals surface area contributed by atoms with Crippen molar-refractivity contribution in [1.82, 2.24) is 0 Å². The Hall–Kier alpha value is -3.52. The molecule has 2 aliphatic heterocycles. The van der Waals surface area contributed by atoms with Crippen molar-refractivity contribution < 1.29 is 22.7 Å². The summed E-state index contributed by atoms with van der Waals surface area (Å²) in [7, 11) is -2.11. The lowest BCUT2D eigenvalue weighted by Gasteiger charge is -2.31. The first-order valence-electron chi connectivity index (χ1n) is 9.80. The minimum atomic E-state index is -3.64. The fraction of sp³-hybridized carbons (Fsp3) is 0.174. The van der Waals surface area contributed by atoms with Gasteiger partial charge in [-0.1, -0.05) is 18.2 Å². The van der Waals surface area contributed by atoms with Crippen LogP contribution in [0.2, 0.25) is 0 Å². The maximum Gasteiger partial charge on any atom is 0.264 e. The van der Waals surface area contributed by atoms with Crippen LogP contribution in [0.3, 0.4) is 0 Å². The van der Waals surface area contributed by atoms with Crippen molar-refractivity contribution in [3.8, 4) is 22.6 Å². The molecular weight excluding hydrogens is 416 g/mol. The van der Waals surface area contributed by atoms with Crippen molar-refractivity contribution in [3.05, 3.63) is 65.7 Å². The Morgan fingerprint density at radius 3 is 2.52 bits per heavy atom. The zero-order valence-corrected chi connectivity index (χ0v) is 17.8. The van der Waals surface area contributed by atoms with Crippen molar-refractivity contribution in [2.24, 2.45) is 0 Å². The summed E-state index contributed by atoms with van der Waals surface area (Å²) >= 11 is 0. The number of amides is 1. The number of aryl methyl sites for hydroxylation is 1. The number of benzene rings is 3. The van der Waals surface area contributed by atoms with E-state index in [1.54, 1.807) is 61.5 Å². The summed E-state index contributed by atoms with van der Waals surface area (Å²) in [6, 6.07) is 15.5. The monoisotopic (exact) mass is 436 g/mol. The molecule has 0 bridgehead atoms. The summed E-state index contributed by atoms with van der Waals surface area (Å²) in [6.45, 7) is 2.77. The zero-order chi connectivity index (χ0) is 21.8. The highest BCUT2D eigenvalue weighted by atomic mass is 32.2. The molecule has 2 heterocycles. The Bertz CT molecular complexity index is 1330. The third-order valence-corrected chi connectivity index (χ3v) is 7.31. The average Bonchev–Trinajstić information content (AvgIpc) is 2.77. The maximum atomic E-state index is 13.0. The lowest BCUT2D eigenvalue weighted by Crippen LogP contribution is -2.31. The first-order chi connectivity index (χ1) is 14.9. The van der Waals surface area contributed by atoms with Crippen LogP contribution in [0.15, 0.2) is 59.5 Å². The molecular formula is C23H20N2O5S. The Balaban J connectivity index is 1.54. The minimum Gasteiger partial charge on any atom is -0.486 e. The second kappa shape index (κ2) is 7.02. The Labute approximate surface area is 180 Å². The molecule has 7 nitrogen and oxygen atoms in total. The number of rotatable bonds is 2. The number of nitrogens with zero attached hydrogens (tertiary/aromatic N) is 1. The maximum absolute atomic E-state index is 13.0. The summed E-state index contributed by atoms with van der Waals surface area (Å²) in [5.41, 5.74) is 3.60. The number of ether oxygens (including phenoxy) is 2. The summed E-state index contributed by atoms with van der Waals surface area (Å²) < 4.78 is 38.2. The SMILES string of the molecule is Cc1cc(C(=O)Nc2ccc3c(c2)OCCO3)cc2c1N(C)S(=O)(=O)c1ccccc1-2. The fourth-order valence-electron chi connectivity index (χ4n) is 4.04. The van der Waals surface area contributed by atoms with Crippen molar-refractivity contribution in [3.63, 3.8) is 0 Å². The van der Waals surface area contributed by atoms with Gasteiger partial charge in [-0.05, 0) is 42.8 Å². The molecule has 8 heteroatoms. The number of nitrogens with one attached hydrogen (secondary N) is 1. The van der Waals surface area contributed by atoms with Crippen LogP contribution in [0.4, 0.5) is 11.4 Å². The third kappa shape index (κ3) is 3.11. The number of carbonyl (C=O) groups is 1. The van der Waals surface area contributed by atoms with Crippen LogP contribution >= 0.6 is 0 Å². The molecule has 0 aromatic heterocycles. The van der Waals surface area contributed by atoms with Crippen molar-refractivity contribution >= 4 is 27.3 Å². The molecule has 0 unspecified atom stereocenters. The van der Waals surface area contributed by atoms with Gasteiger partial charge in [0.2, 0.25) is 0 Å². The van der Waals surface area contributed by atoms with Crippen LogP contribution in [0.1, 0.15) is 15.9 Å².